The molecule has 18 heavy (non-hydrogen) atoms. The lowest BCUT2D eigenvalue weighted by atomic mass is 9.78. The van der Waals surface area contributed by atoms with Gasteiger partial charge < -0.3 is 14.4 Å². The highest BCUT2D eigenvalue weighted by molar-refractivity contribution is 9.09. The molecule has 4 unspecified atom stereocenters. The minimum Gasteiger partial charge on any atom is -0.378 e. The van der Waals surface area contributed by atoms with E-state index in [0.717, 1.165) is 39.0 Å². The van der Waals surface area contributed by atoms with Crippen molar-refractivity contribution in [3.8, 4) is 0 Å². The number of amides is 1. The summed E-state index contributed by atoms with van der Waals surface area (Å²) in [6.45, 7) is 3.64. The van der Waals surface area contributed by atoms with Gasteiger partial charge in [-0.25, -0.2) is 0 Å². The summed E-state index contributed by atoms with van der Waals surface area (Å²) in [5.41, 5.74) is 0. The van der Waals surface area contributed by atoms with E-state index in [2.05, 4.69) is 15.9 Å². The summed E-state index contributed by atoms with van der Waals surface area (Å²) < 4.78 is 11.1. The molecule has 0 radical (unpaired) electrons. The fourth-order valence-electron chi connectivity index (χ4n) is 3.45. The van der Waals surface area contributed by atoms with Crippen molar-refractivity contribution < 1.29 is 14.3 Å². The summed E-state index contributed by atoms with van der Waals surface area (Å²) >= 11 is 3.71. The highest BCUT2D eigenvalue weighted by atomic mass is 79.9. The number of nitrogens with zero attached hydrogens (tertiary/aromatic N) is 1. The fourth-order valence-corrected chi connectivity index (χ4v) is 4.33. The van der Waals surface area contributed by atoms with Crippen LogP contribution in [-0.4, -0.2) is 54.6 Å². The maximum absolute atomic E-state index is 12.6. The quantitative estimate of drug-likeness (QED) is 0.687. The molecule has 0 aromatic heterocycles. The Labute approximate surface area is 116 Å². The van der Waals surface area contributed by atoms with Crippen LogP contribution in [0.4, 0.5) is 0 Å². The third-order valence-electron chi connectivity index (χ3n) is 4.37. The summed E-state index contributed by atoms with van der Waals surface area (Å²) in [4.78, 5) is 15.0. The molecule has 1 saturated carbocycles. The predicted molar refractivity (Wildman–Crippen MR) is 70.7 cm³/mol. The van der Waals surface area contributed by atoms with Crippen LogP contribution in [-0.2, 0) is 14.3 Å². The minimum absolute atomic E-state index is 0.0497. The van der Waals surface area contributed by atoms with Crippen LogP contribution in [0.2, 0.25) is 0 Å². The van der Waals surface area contributed by atoms with Crippen molar-refractivity contribution in [1.82, 2.24) is 4.90 Å². The Morgan fingerprint density at radius 3 is 2.72 bits per heavy atom. The maximum atomic E-state index is 12.6. The van der Waals surface area contributed by atoms with Gasteiger partial charge in [-0.2, -0.15) is 0 Å². The topological polar surface area (TPSA) is 38.8 Å². The smallest absolute Gasteiger partial charge is 0.228 e. The first-order valence-corrected chi connectivity index (χ1v) is 7.79. The standard InChI is InChI=1S/C13H20BrNO3/c14-10-7-9-1-4-18-12(9)11(8-10)13(16)15-2-5-17-6-3-15/h9-12H,1-8H2. The molecule has 3 fully saturated rings. The molecule has 1 amide bonds. The van der Waals surface area contributed by atoms with Crippen molar-refractivity contribution in [2.45, 2.75) is 30.2 Å². The predicted octanol–water partition coefficient (Wildman–Crippen LogP) is 1.42. The van der Waals surface area contributed by atoms with E-state index in [-0.39, 0.29) is 17.9 Å². The lowest BCUT2D eigenvalue weighted by Crippen LogP contribution is -2.49. The molecule has 2 heterocycles. The Morgan fingerprint density at radius 1 is 1.17 bits per heavy atom. The van der Waals surface area contributed by atoms with E-state index >= 15 is 0 Å². The molecule has 0 aromatic carbocycles. The molecule has 3 aliphatic rings. The Morgan fingerprint density at radius 2 is 1.94 bits per heavy atom. The van der Waals surface area contributed by atoms with E-state index in [1.165, 1.54) is 0 Å². The van der Waals surface area contributed by atoms with Gasteiger partial charge in [-0.3, -0.25) is 4.79 Å². The fraction of sp³-hybridized carbons (Fsp3) is 0.923. The normalized spacial score (nSPS) is 40.6. The lowest BCUT2D eigenvalue weighted by molar-refractivity contribution is -0.146. The van der Waals surface area contributed by atoms with Crippen molar-refractivity contribution in [1.29, 1.82) is 0 Å². The van der Waals surface area contributed by atoms with Gasteiger partial charge in [0.1, 0.15) is 0 Å². The van der Waals surface area contributed by atoms with Gasteiger partial charge in [-0.05, 0) is 25.2 Å². The average molecular weight is 318 g/mol. The third-order valence-corrected chi connectivity index (χ3v) is 5.12. The monoisotopic (exact) mass is 317 g/mol. The average Bonchev–Trinajstić information content (AvgIpc) is 2.86. The number of rotatable bonds is 1. The maximum Gasteiger partial charge on any atom is 0.228 e. The number of carbonyl (C=O) groups excluding carboxylic acids is 1. The van der Waals surface area contributed by atoms with Crippen LogP contribution >= 0.6 is 15.9 Å². The van der Waals surface area contributed by atoms with Crippen LogP contribution in [0.1, 0.15) is 19.3 Å². The van der Waals surface area contributed by atoms with Crippen LogP contribution in [0.25, 0.3) is 0 Å². The molecule has 0 N–H and O–H groups in total. The molecule has 1 aliphatic carbocycles. The molecule has 102 valence electrons. The van der Waals surface area contributed by atoms with Gasteiger partial charge in [0.2, 0.25) is 5.91 Å². The highest BCUT2D eigenvalue weighted by Gasteiger charge is 2.45. The summed E-state index contributed by atoms with van der Waals surface area (Å²) in [5, 5.41) is 0. The molecule has 4 nitrogen and oxygen atoms in total. The summed E-state index contributed by atoms with van der Waals surface area (Å²) in [7, 11) is 0. The number of carbonyl (C=O) groups is 1. The van der Waals surface area contributed by atoms with Crippen LogP contribution in [0.3, 0.4) is 0 Å². The third kappa shape index (κ3) is 2.45. The summed E-state index contributed by atoms with van der Waals surface area (Å²) in [5.74, 6) is 0.895. The first-order valence-electron chi connectivity index (χ1n) is 6.88. The van der Waals surface area contributed by atoms with Crippen LogP contribution in [0, 0.1) is 11.8 Å². The second-order valence-electron chi connectivity index (χ2n) is 5.50. The van der Waals surface area contributed by atoms with Gasteiger partial charge >= 0.3 is 0 Å². The zero-order chi connectivity index (χ0) is 12.5. The van der Waals surface area contributed by atoms with Gasteiger partial charge in [0.25, 0.3) is 0 Å². The van der Waals surface area contributed by atoms with Gasteiger partial charge in [0.05, 0.1) is 25.2 Å². The Bertz CT molecular complexity index is 319. The second kappa shape index (κ2) is 5.47. The zero-order valence-electron chi connectivity index (χ0n) is 10.5. The van der Waals surface area contributed by atoms with E-state index in [9.17, 15) is 4.79 Å². The number of ether oxygens (including phenoxy) is 2. The van der Waals surface area contributed by atoms with Crippen molar-refractivity contribution in [3.05, 3.63) is 0 Å². The molecule has 4 atom stereocenters. The Kier molecular flexibility index (Phi) is 3.91. The van der Waals surface area contributed by atoms with Crippen molar-refractivity contribution in [2.75, 3.05) is 32.9 Å². The first kappa shape index (κ1) is 12.9. The molecule has 0 spiro atoms. The lowest BCUT2D eigenvalue weighted by Gasteiger charge is -2.38. The van der Waals surface area contributed by atoms with Crippen molar-refractivity contribution in [2.24, 2.45) is 11.8 Å². The number of hydrogen-bond donors (Lipinski definition) is 0. The van der Waals surface area contributed by atoms with Gasteiger partial charge in [0.15, 0.2) is 0 Å². The van der Waals surface area contributed by atoms with Crippen molar-refractivity contribution in [3.63, 3.8) is 0 Å². The zero-order valence-corrected chi connectivity index (χ0v) is 12.1. The Balaban J connectivity index is 1.70. The van der Waals surface area contributed by atoms with Crippen LogP contribution in [0.5, 0.6) is 0 Å². The highest BCUT2D eigenvalue weighted by Crippen LogP contribution is 2.41. The number of hydrogen-bond acceptors (Lipinski definition) is 3. The van der Waals surface area contributed by atoms with Crippen LogP contribution in [0.15, 0.2) is 0 Å². The first-order chi connectivity index (χ1) is 8.75. The van der Waals surface area contributed by atoms with E-state index in [1.807, 2.05) is 4.90 Å². The molecule has 5 heteroatoms. The van der Waals surface area contributed by atoms with Gasteiger partial charge in [0, 0.05) is 24.5 Å². The number of halogens is 1. The van der Waals surface area contributed by atoms with E-state index < -0.39 is 0 Å². The van der Waals surface area contributed by atoms with Gasteiger partial charge in [-0.1, -0.05) is 15.9 Å². The van der Waals surface area contributed by atoms with Crippen LogP contribution < -0.4 is 0 Å². The molecule has 3 rings (SSSR count). The van der Waals surface area contributed by atoms with Gasteiger partial charge in [-0.15, -0.1) is 0 Å². The summed E-state index contributed by atoms with van der Waals surface area (Å²) in [6, 6.07) is 0. The molecular formula is C13H20BrNO3. The molecular weight excluding hydrogens is 298 g/mol. The SMILES string of the molecule is O=C(C1CC(Br)CC2CCOC21)N1CCOCC1. The molecule has 0 bridgehead atoms. The molecule has 2 saturated heterocycles. The Hall–Kier alpha value is -0.130. The number of alkyl halides is 1. The van der Waals surface area contributed by atoms with Crippen molar-refractivity contribution >= 4 is 21.8 Å². The summed E-state index contributed by atoms with van der Waals surface area (Å²) in [6.07, 6.45) is 3.34. The minimum atomic E-state index is 0.0497. The van der Waals surface area contributed by atoms with E-state index in [1.54, 1.807) is 0 Å². The largest absolute Gasteiger partial charge is 0.378 e. The van der Waals surface area contributed by atoms with E-state index in [0.29, 0.717) is 24.0 Å². The van der Waals surface area contributed by atoms with E-state index in [4.69, 9.17) is 9.47 Å². The second-order valence-corrected chi connectivity index (χ2v) is 6.79. The number of morpholine rings is 1. The molecule has 2 aliphatic heterocycles. The number of fused-ring (bicyclic) bond motifs is 1. The molecule has 0 aromatic rings.